The molecule has 0 radical (unpaired) electrons. The molecule has 0 aromatic carbocycles. The number of aryl methyl sites for hydroxylation is 1. The van der Waals surface area contributed by atoms with E-state index in [1.807, 2.05) is 25.3 Å². The zero-order valence-corrected chi connectivity index (χ0v) is 12.4. The van der Waals surface area contributed by atoms with Gasteiger partial charge in [0.1, 0.15) is 5.82 Å². The summed E-state index contributed by atoms with van der Waals surface area (Å²) in [5.74, 6) is 0.958. The van der Waals surface area contributed by atoms with Gasteiger partial charge in [0.05, 0.1) is 0 Å². The highest BCUT2D eigenvalue weighted by molar-refractivity contribution is 7.71. The van der Waals surface area contributed by atoms with Crippen molar-refractivity contribution >= 4 is 18.1 Å². The Kier molecular flexibility index (Phi) is 5.07. The molecule has 1 aromatic rings. The molecule has 0 saturated carbocycles. The summed E-state index contributed by atoms with van der Waals surface area (Å²) in [4.78, 5) is 11.7. The van der Waals surface area contributed by atoms with Crippen molar-refractivity contribution in [3.8, 4) is 0 Å². The summed E-state index contributed by atoms with van der Waals surface area (Å²) in [6.45, 7) is 8.58. The van der Waals surface area contributed by atoms with Gasteiger partial charge in [-0.2, -0.15) is 5.10 Å². The Morgan fingerprint density at radius 2 is 2.17 bits per heavy atom. The van der Waals surface area contributed by atoms with Gasteiger partial charge in [0.25, 0.3) is 0 Å². The van der Waals surface area contributed by atoms with Gasteiger partial charge >= 0.3 is 0 Å². The van der Waals surface area contributed by atoms with Gasteiger partial charge in [-0.25, -0.2) is 0 Å². The molecule has 0 saturated heterocycles. The SMILES string of the molecule is CCCc1n[nH]c(=S)n1CCC(=O)NC(C)(C)C. The summed E-state index contributed by atoms with van der Waals surface area (Å²) in [5.41, 5.74) is -0.193. The Labute approximate surface area is 113 Å². The van der Waals surface area contributed by atoms with Gasteiger partial charge < -0.3 is 9.88 Å². The molecule has 2 N–H and O–H groups in total. The van der Waals surface area contributed by atoms with Crippen molar-refractivity contribution in [3.63, 3.8) is 0 Å². The average Bonchev–Trinajstić information content (AvgIpc) is 2.55. The van der Waals surface area contributed by atoms with E-state index in [0.717, 1.165) is 18.7 Å². The molecule has 18 heavy (non-hydrogen) atoms. The van der Waals surface area contributed by atoms with Crippen LogP contribution < -0.4 is 5.32 Å². The van der Waals surface area contributed by atoms with Gasteiger partial charge in [0.15, 0.2) is 4.77 Å². The maximum Gasteiger partial charge on any atom is 0.222 e. The molecule has 0 atom stereocenters. The number of hydrogen-bond donors (Lipinski definition) is 2. The van der Waals surface area contributed by atoms with Crippen molar-refractivity contribution in [2.75, 3.05) is 0 Å². The van der Waals surface area contributed by atoms with Crippen molar-refractivity contribution in [3.05, 3.63) is 10.6 Å². The maximum atomic E-state index is 11.7. The Morgan fingerprint density at radius 1 is 1.50 bits per heavy atom. The van der Waals surface area contributed by atoms with Gasteiger partial charge in [0.2, 0.25) is 5.91 Å². The Hall–Kier alpha value is -1.17. The van der Waals surface area contributed by atoms with Gasteiger partial charge in [-0.1, -0.05) is 6.92 Å². The van der Waals surface area contributed by atoms with E-state index in [-0.39, 0.29) is 11.4 Å². The highest BCUT2D eigenvalue weighted by Crippen LogP contribution is 2.04. The smallest absolute Gasteiger partial charge is 0.222 e. The Bertz CT molecular complexity index is 455. The highest BCUT2D eigenvalue weighted by Gasteiger charge is 2.14. The van der Waals surface area contributed by atoms with E-state index in [9.17, 15) is 4.79 Å². The minimum atomic E-state index is -0.193. The van der Waals surface area contributed by atoms with Gasteiger partial charge in [-0.05, 0) is 39.4 Å². The molecule has 0 aliphatic heterocycles. The number of aromatic nitrogens is 3. The van der Waals surface area contributed by atoms with E-state index >= 15 is 0 Å². The summed E-state index contributed by atoms with van der Waals surface area (Å²) >= 11 is 5.16. The zero-order chi connectivity index (χ0) is 13.8. The van der Waals surface area contributed by atoms with E-state index in [2.05, 4.69) is 22.4 Å². The van der Waals surface area contributed by atoms with Crippen LogP contribution in [0.25, 0.3) is 0 Å². The topological polar surface area (TPSA) is 62.7 Å². The normalized spacial score (nSPS) is 11.6. The molecular weight excluding hydrogens is 248 g/mol. The predicted octanol–water partition coefficient (Wildman–Crippen LogP) is 2.20. The number of carbonyl (C=O) groups is 1. The second-order valence-electron chi connectivity index (χ2n) is 5.39. The number of H-pyrrole nitrogens is 1. The van der Waals surface area contributed by atoms with E-state index in [4.69, 9.17) is 12.2 Å². The first-order valence-electron chi connectivity index (χ1n) is 6.28. The fraction of sp³-hybridized carbons (Fsp3) is 0.750. The summed E-state index contributed by atoms with van der Waals surface area (Å²) in [6, 6.07) is 0. The minimum Gasteiger partial charge on any atom is -0.351 e. The number of aromatic amines is 1. The Morgan fingerprint density at radius 3 is 2.72 bits per heavy atom. The van der Waals surface area contributed by atoms with Crippen LogP contribution >= 0.6 is 12.2 Å². The van der Waals surface area contributed by atoms with Crippen LogP contribution in [0.1, 0.15) is 46.4 Å². The number of carbonyl (C=O) groups excluding carboxylic acids is 1. The maximum absolute atomic E-state index is 11.7. The molecule has 0 fully saturated rings. The molecule has 0 bridgehead atoms. The van der Waals surface area contributed by atoms with Crippen LogP contribution in [0.15, 0.2) is 0 Å². The molecular formula is C12H22N4OS. The molecule has 5 nitrogen and oxygen atoms in total. The summed E-state index contributed by atoms with van der Waals surface area (Å²) in [6.07, 6.45) is 2.30. The summed E-state index contributed by atoms with van der Waals surface area (Å²) in [7, 11) is 0. The van der Waals surface area contributed by atoms with Gasteiger partial charge in [0, 0.05) is 24.9 Å². The van der Waals surface area contributed by atoms with Crippen molar-refractivity contribution in [1.82, 2.24) is 20.1 Å². The Balaban J connectivity index is 2.61. The molecule has 1 amide bonds. The van der Waals surface area contributed by atoms with Crippen LogP contribution in [0.5, 0.6) is 0 Å². The van der Waals surface area contributed by atoms with Crippen LogP contribution in [0, 0.1) is 4.77 Å². The highest BCUT2D eigenvalue weighted by atomic mass is 32.1. The third-order valence-electron chi connectivity index (χ3n) is 2.39. The quantitative estimate of drug-likeness (QED) is 0.806. The van der Waals surface area contributed by atoms with Crippen molar-refractivity contribution < 1.29 is 4.79 Å². The predicted molar refractivity (Wildman–Crippen MR) is 73.9 cm³/mol. The van der Waals surface area contributed by atoms with Crippen molar-refractivity contribution in [2.24, 2.45) is 0 Å². The van der Waals surface area contributed by atoms with Crippen LogP contribution in [-0.2, 0) is 17.8 Å². The van der Waals surface area contributed by atoms with Crippen molar-refractivity contribution in [1.29, 1.82) is 0 Å². The molecule has 0 unspecified atom stereocenters. The molecule has 6 heteroatoms. The second kappa shape index (κ2) is 6.13. The molecule has 1 aromatic heterocycles. The number of hydrogen-bond acceptors (Lipinski definition) is 3. The van der Waals surface area contributed by atoms with E-state index in [1.165, 1.54) is 0 Å². The van der Waals surface area contributed by atoms with Crippen molar-refractivity contribution in [2.45, 2.75) is 59.0 Å². The van der Waals surface area contributed by atoms with E-state index in [1.54, 1.807) is 0 Å². The van der Waals surface area contributed by atoms with Crippen LogP contribution in [0.3, 0.4) is 0 Å². The molecule has 0 aliphatic rings. The molecule has 0 spiro atoms. The lowest BCUT2D eigenvalue weighted by molar-refractivity contribution is -0.122. The number of rotatable bonds is 5. The number of nitrogens with zero attached hydrogens (tertiary/aromatic N) is 2. The summed E-state index contributed by atoms with van der Waals surface area (Å²) < 4.78 is 2.49. The minimum absolute atomic E-state index is 0.0352. The summed E-state index contributed by atoms with van der Waals surface area (Å²) in [5, 5.41) is 9.89. The monoisotopic (exact) mass is 270 g/mol. The lowest BCUT2D eigenvalue weighted by Crippen LogP contribution is -2.40. The first-order valence-corrected chi connectivity index (χ1v) is 6.69. The number of nitrogens with one attached hydrogen (secondary N) is 2. The second-order valence-corrected chi connectivity index (χ2v) is 5.78. The van der Waals surface area contributed by atoms with Crippen LogP contribution in [0.4, 0.5) is 0 Å². The number of amides is 1. The van der Waals surface area contributed by atoms with E-state index < -0.39 is 0 Å². The first-order chi connectivity index (χ1) is 8.33. The third kappa shape index (κ3) is 4.60. The van der Waals surface area contributed by atoms with Crippen LogP contribution in [0.2, 0.25) is 0 Å². The van der Waals surface area contributed by atoms with Gasteiger partial charge in [-0.15, -0.1) is 0 Å². The molecule has 1 rings (SSSR count). The lowest BCUT2D eigenvalue weighted by atomic mass is 10.1. The molecule has 102 valence electrons. The fourth-order valence-corrected chi connectivity index (χ4v) is 1.93. The standard InChI is InChI=1S/C12H22N4OS/c1-5-6-9-14-15-11(18)16(9)8-7-10(17)13-12(2,3)4/h5-8H2,1-4H3,(H,13,17)(H,15,18). The van der Waals surface area contributed by atoms with Crippen LogP contribution in [-0.4, -0.2) is 26.2 Å². The average molecular weight is 270 g/mol. The molecule has 0 aliphatic carbocycles. The lowest BCUT2D eigenvalue weighted by Gasteiger charge is -2.20. The largest absolute Gasteiger partial charge is 0.351 e. The first kappa shape index (κ1) is 14.9. The third-order valence-corrected chi connectivity index (χ3v) is 2.70. The fourth-order valence-electron chi connectivity index (χ4n) is 1.69. The van der Waals surface area contributed by atoms with E-state index in [0.29, 0.717) is 17.7 Å². The molecule has 1 heterocycles. The zero-order valence-electron chi connectivity index (χ0n) is 11.5. The van der Waals surface area contributed by atoms with Gasteiger partial charge in [-0.3, -0.25) is 9.89 Å².